The summed E-state index contributed by atoms with van der Waals surface area (Å²) in [5.74, 6) is -0.219. The second-order valence-electron chi connectivity index (χ2n) is 11.1. The monoisotopic (exact) mass is 500 g/mol. The van der Waals surface area contributed by atoms with Crippen LogP contribution in [0.15, 0.2) is 48.5 Å². The Hall–Kier alpha value is -2.45. The summed E-state index contributed by atoms with van der Waals surface area (Å²) in [7, 11) is -3.49. The van der Waals surface area contributed by atoms with Crippen LogP contribution in [0.2, 0.25) is 0 Å². The van der Waals surface area contributed by atoms with E-state index in [2.05, 4.69) is 4.72 Å². The first kappa shape index (κ1) is 24.3. The van der Waals surface area contributed by atoms with Gasteiger partial charge in [-0.15, -0.1) is 0 Å². The fraction of sp³-hybridized carbons (Fsp3) is 0.519. The molecule has 2 aliphatic carbocycles. The molecule has 2 atom stereocenters. The van der Waals surface area contributed by atoms with Crippen molar-refractivity contribution in [3.63, 3.8) is 0 Å². The molecule has 1 N–H and O–H groups in total. The van der Waals surface area contributed by atoms with Gasteiger partial charge in [-0.2, -0.15) is 0 Å². The lowest BCUT2D eigenvalue weighted by atomic mass is 9.67. The highest BCUT2D eigenvalue weighted by atomic mass is 32.2. The fourth-order valence-corrected chi connectivity index (χ4v) is 7.05. The molecule has 6 rings (SSSR count). The molecule has 4 fully saturated rings. The van der Waals surface area contributed by atoms with E-state index in [9.17, 15) is 13.2 Å². The topological polar surface area (TPSA) is 75.7 Å². The first-order chi connectivity index (χ1) is 16.5. The number of fused-ring (bicyclic) bond motifs is 2. The maximum Gasteiger partial charge on any atom is 0.410 e. The third-order valence-corrected chi connectivity index (χ3v) is 9.23. The number of nitrogens with one attached hydrogen (secondary N) is 1. The van der Waals surface area contributed by atoms with E-state index in [1.165, 1.54) is 0 Å². The first-order valence-electron chi connectivity index (χ1n) is 12.4. The summed E-state index contributed by atoms with van der Waals surface area (Å²) in [6.45, 7) is 5.43. The number of sulfonamides is 1. The summed E-state index contributed by atoms with van der Waals surface area (Å²) in [5.41, 5.74) is 1.03. The Morgan fingerprint density at radius 3 is 2.40 bits per heavy atom. The lowest BCUT2D eigenvalue weighted by molar-refractivity contribution is -0.0652. The van der Waals surface area contributed by atoms with E-state index < -0.39 is 33.8 Å². The molecule has 4 aliphatic rings. The average molecular weight is 501 g/mol. The second-order valence-corrected chi connectivity index (χ2v) is 13.1. The minimum Gasteiger partial charge on any atom is -0.444 e. The van der Waals surface area contributed by atoms with E-state index in [0.717, 1.165) is 18.4 Å². The summed E-state index contributed by atoms with van der Waals surface area (Å²) >= 11 is 0. The molecule has 188 valence electrons. The number of nitrogens with zero attached hydrogens (tertiary/aromatic N) is 1. The standard InChI is InChI=1S/C27H33FN2O4S/c1-27(2,3)34-26(31)30-20-14-19(15-20)25(29-35(32,33)21-12-13-21)23(30)16-18-10-7-11-22(24(18)28)17-8-5-4-6-9-17/h4-11,19-21,23,25,29H,12-16H2,1-3H3/t19?,20?,23-,25-/m0/s1. The van der Waals surface area contributed by atoms with E-state index in [0.29, 0.717) is 24.0 Å². The third-order valence-electron chi connectivity index (χ3n) is 7.28. The van der Waals surface area contributed by atoms with E-state index in [1.807, 2.05) is 57.2 Å². The van der Waals surface area contributed by atoms with E-state index in [1.54, 1.807) is 17.0 Å². The Bertz CT molecular complexity index is 1200. The molecule has 0 spiro atoms. The Kier molecular flexibility index (Phi) is 6.16. The van der Waals surface area contributed by atoms with Gasteiger partial charge in [-0.25, -0.2) is 22.3 Å². The second kappa shape index (κ2) is 8.89. The van der Waals surface area contributed by atoms with Crippen LogP contribution in [0.3, 0.4) is 0 Å². The highest BCUT2D eigenvalue weighted by Crippen LogP contribution is 2.45. The van der Waals surface area contributed by atoms with Crippen molar-refractivity contribution in [1.29, 1.82) is 0 Å². The molecule has 2 saturated carbocycles. The molecule has 0 aromatic heterocycles. The molecule has 35 heavy (non-hydrogen) atoms. The number of amides is 1. The molecule has 8 heteroatoms. The van der Waals surface area contributed by atoms with Gasteiger partial charge in [0.1, 0.15) is 11.4 Å². The summed E-state index contributed by atoms with van der Waals surface area (Å²) in [6.07, 6.45) is 2.49. The van der Waals surface area contributed by atoms with Crippen LogP contribution < -0.4 is 4.72 Å². The quantitative estimate of drug-likeness (QED) is 0.613. The lowest BCUT2D eigenvalue weighted by Crippen LogP contribution is -2.71. The molecule has 6 nitrogen and oxygen atoms in total. The van der Waals surface area contributed by atoms with Crippen LogP contribution in [0.25, 0.3) is 11.1 Å². The summed E-state index contributed by atoms with van der Waals surface area (Å²) in [6, 6.07) is 13.6. The molecule has 2 aromatic carbocycles. The van der Waals surface area contributed by atoms with Crippen molar-refractivity contribution in [1.82, 2.24) is 9.62 Å². The molecule has 2 bridgehead atoms. The van der Waals surface area contributed by atoms with Crippen molar-refractivity contribution < 1.29 is 22.3 Å². The Balaban J connectivity index is 1.50. The van der Waals surface area contributed by atoms with Crippen LogP contribution in [0.5, 0.6) is 0 Å². The van der Waals surface area contributed by atoms with Crippen molar-refractivity contribution >= 4 is 16.1 Å². The Labute approximate surface area is 206 Å². The number of carbonyl (C=O) groups is 1. The van der Waals surface area contributed by atoms with Crippen molar-refractivity contribution in [3.8, 4) is 11.1 Å². The zero-order valence-corrected chi connectivity index (χ0v) is 21.2. The third kappa shape index (κ3) is 4.96. The molecule has 2 saturated heterocycles. The summed E-state index contributed by atoms with van der Waals surface area (Å²) < 4.78 is 50.2. The number of benzene rings is 2. The van der Waals surface area contributed by atoms with E-state index >= 15 is 4.39 Å². The van der Waals surface area contributed by atoms with Gasteiger partial charge in [0.15, 0.2) is 0 Å². The van der Waals surface area contributed by atoms with Crippen LogP contribution in [0.1, 0.15) is 52.0 Å². The van der Waals surface area contributed by atoms with Crippen molar-refractivity contribution in [3.05, 3.63) is 59.9 Å². The minimum absolute atomic E-state index is 0.0260. The number of hydrogen-bond donors (Lipinski definition) is 1. The number of carbonyl (C=O) groups excluding carboxylic acids is 1. The van der Waals surface area contributed by atoms with Crippen LogP contribution >= 0.6 is 0 Å². The maximum absolute atomic E-state index is 15.8. The number of halogens is 1. The predicted molar refractivity (Wildman–Crippen MR) is 133 cm³/mol. The van der Waals surface area contributed by atoms with Gasteiger partial charge in [-0.1, -0.05) is 48.5 Å². The number of hydrogen-bond acceptors (Lipinski definition) is 4. The highest BCUT2D eigenvalue weighted by Gasteiger charge is 2.55. The van der Waals surface area contributed by atoms with Gasteiger partial charge in [0.05, 0.1) is 11.3 Å². The van der Waals surface area contributed by atoms with Crippen molar-refractivity contribution in [2.45, 2.75) is 81.9 Å². The molecule has 2 aliphatic heterocycles. The lowest BCUT2D eigenvalue weighted by Gasteiger charge is -2.57. The van der Waals surface area contributed by atoms with Gasteiger partial charge < -0.3 is 9.64 Å². The van der Waals surface area contributed by atoms with Gasteiger partial charge in [0.25, 0.3) is 0 Å². The molecular formula is C27H33FN2O4S. The predicted octanol–water partition coefficient (Wildman–Crippen LogP) is 4.88. The van der Waals surface area contributed by atoms with Gasteiger partial charge in [0, 0.05) is 17.6 Å². The van der Waals surface area contributed by atoms with E-state index in [-0.39, 0.29) is 29.4 Å². The number of piperidine rings is 2. The van der Waals surface area contributed by atoms with Crippen molar-refractivity contribution in [2.24, 2.45) is 5.92 Å². The largest absolute Gasteiger partial charge is 0.444 e. The molecule has 2 heterocycles. The number of rotatable bonds is 6. The zero-order chi connectivity index (χ0) is 25.0. The Morgan fingerprint density at radius 2 is 1.77 bits per heavy atom. The maximum atomic E-state index is 15.8. The number of ether oxygens (including phenoxy) is 1. The van der Waals surface area contributed by atoms with Gasteiger partial charge in [-0.05, 0) is 69.9 Å². The molecular weight excluding hydrogens is 467 g/mol. The summed E-state index contributed by atoms with van der Waals surface area (Å²) in [4.78, 5) is 15.0. The average Bonchev–Trinajstić information content (AvgIpc) is 3.60. The molecule has 2 aromatic rings. The van der Waals surface area contributed by atoms with Crippen LogP contribution in [0, 0.1) is 11.7 Å². The van der Waals surface area contributed by atoms with Gasteiger partial charge >= 0.3 is 6.09 Å². The smallest absolute Gasteiger partial charge is 0.410 e. The normalized spacial score (nSPS) is 26.2. The molecule has 0 unspecified atom stereocenters. The SMILES string of the molecule is CC(C)(C)OC(=O)N1C2CC(C2)[C@H](NS(=O)(=O)C2CC2)[C@@H]1Cc1cccc(-c2ccccc2)c1F. The fourth-order valence-electron chi connectivity index (χ4n) is 5.38. The Morgan fingerprint density at radius 1 is 1.09 bits per heavy atom. The van der Waals surface area contributed by atoms with Crippen LogP contribution in [0.4, 0.5) is 9.18 Å². The van der Waals surface area contributed by atoms with Crippen LogP contribution in [-0.4, -0.2) is 48.4 Å². The van der Waals surface area contributed by atoms with Gasteiger partial charge in [-0.3, -0.25) is 0 Å². The highest BCUT2D eigenvalue weighted by molar-refractivity contribution is 7.90. The van der Waals surface area contributed by atoms with Crippen molar-refractivity contribution in [2.75, 3.05) is 0 Å². The molecule has 0 radical (unpaired) electrons. The first-order valence-corrected chi connectivity index (χ1v) is 13.9. The molecule has 1 amide bonds. The van der Waals surface area contributed by atoms with Gasteiger partial charge in [0.2, 0.25) is 10.0 Å². The summed E-state index contributed by atoms with van der Waals surface area (Å²) in [5, 5.41) is -0.367. The minimum atomic E-state index is -3.49. The zero-order valence-electron chi connectivity index (χ0n) is 20.4. The van der Waals surface area contributed by atoms with Crippen LogP contribution in [-0.2, 0) is 21.2 Å². The van der Waals surface area contributed by atoms with E-state index in [4.69, 9.17) is 4.74 Å².